The van der Waals surface area contributed by atoms with Crippen LogP contribution in [0.5, 0.6) is 0 Å². The minimum atomic E-state index is 0. The van der Waals surface area contributed by atoms with E-state index in [0.29, 0.717) is 5.41 Å². The highest BCUT2D eigenvalue weighted by atomic mass is 35.5. The van der Waals surface area contributed by atoms with Crippen molar-refractivity contribution < 1.29 is 4.79 Å². The van der Waals surface area contributed by atoms with Crippen molar-refractivity contribution in [1.29, 1.82) is 0 Å². The quantitative estimate of drug-likeness (QED) is 0.820. The Morgan fingerprint density at radius 3 is 2.56 bits per heavy atom. The van der Waals surface area contributed by atoms with Crippen molar-refractivity contribution in [2.75, 3.05) is 26.2 Å². The average Bonchev–Trinajstić information content (AvgIpc) is 3.02. The van der Waals surface area contributed by atoms with Gasteiger partial charge in [-0.2, -0.15) is 0 Å². The van der Waals surface area contributed by atoms with E-state index in [1.807, 2.05) is 42.2 Å². The van der Waals surface area contributed by atoms with Gasteiger partial charge in [-0.25, -0.2) is 0 Å². The van der Waals surface area contributed by atoms with Crippen molar-refractivity contribution in [3.8, 4) is 0 Å². The van der Waals surface area contributed by atoms with Crippen molar-refractivity contribution in [2.45, 2.75) is 26.2 Å². The number of para-hydroxylation sites is 1. The fraction of sp³-hybridized carbons (Fsp3) is 0.474. The van der Waals surface area contributed by atoms with Crippen molar-refractivity contribution in [3.05, 3.63) is 41.6 Å². The molecule has 2 saturated heterocycles. The number of benzene rings is 1. The fourth-order valence-corrected chi connectivity index (χ4v) is 3.99. The Labute approximate surface area is 161 Å². The lowest BCUT2D eigenvalue weighted by molar-refractivity contribution is 0.0609. The molecule has 1 aromatic carbocycles. The third kappa shape index (κ3) is 3.76. The molecular formula is C19H25Cl2N3O. The molecule has 1 spiro atoms. The lowest BCUT2D eigenvalue weighted by Crippen LogP contribution is -2.44. The van der Waals surface area contributed by atoms with E-state index in [1.165, 1.54) is 6.42 Å². The van der Waals surface area contributed by atoms with Gasteiger partial charge in [-0.15, -0.1) is 24.8 Å². The third-order valence-electron chi connectivity index (χ3n) is 5.53. The molecule has 0 radical (unpaired) electrons. The number of hydrogen-bond donors (Lipinski definition) is 1. The molecule has 2 aromatic rings. The van der Waals surface area contributed by atoms with Gasteiger partial charge in [-0.3, -0.25) is 9.78 Å². The van der Waals surface area contributed by atoms with Gasteiger partial charge in [0, 0.05) is 30.7 Å². The number of pyridine rings is 1. The number of piperidine rings is 1. The van der Waals surface area contributed by atoms with Crippen LogP contribution in [-0.2, 0) is 0 Å². The second kappa shape index (κ2) is 7.90. The number of nitrogens with one attached hydrogen (secondary N) is 1. The van der Waals surface area contributed by atoms with Crippen LogP contribution in [0.15, 0.2) is 30.3 Å². The monoisotopic (exact) mass is 381 g/mol. The van der Waals surface area contributed by atoms with Crippen molar-refractivity contribution in [1.82, 2.24) is 15.2 Å². The first-order chi connectivity index (χ1) is 11.2. The summed E-state index contributed by atoms with van der Waals surface area (Å²) in [5, 5.41) is 4.51. The Balaban J connectivity index is 0.00000113. The highest BCUT2D eigenvalue weighted by Gasteiger charge is 2.38. The first-order valence-corrected chi connectivity index (χ1v) is 8.53. The van der Waals surface area contributed by atoms with Crippen molar-refractivity contribution in [2.24, 2.45) is 5.41 Å². The summed E-state index contributed by atoms with van der Waals surface area (Å²) >= 11 is 0. The van der Waals surface area contributed by atoms with Gasteiger partial charge >= 0.3 is 0 Å². The first kappa shape index (κ1) is 20.0. The van der Waals surface area contributed by atoms with Gasteiger partial charge in [0.25, 0.3) is 5.91 Å². The summed E-state index contributed by atoms with van der Waals surface area (Å²) in [4.78, 5) is 19.6. The van der Waals surface area contributed by atoms with E-state index in [0.717, 1.165) is 61.2 Å². The third-order valence-corrected chi connectivity index (χ3v) is 5.53. The van der Waals surface area contributed by atoms with E-state index >= 15 is 0 Å². The molecule has 0 bridgehead atoms. The zero-order chi connectivity index (χ0) is 15.9. The van der Waals surface area contributed by atoms with Crippen LogP contribution < -0.4 is 5.32 Å². The number of rotatable bonds is 1. The predicted molar refractivity (Wildman–Crippen MR) is 106 cm³/mol. The standard InChI is InChI=1S/C19H23N3O.2ClH/c1-14-5-6-15-3-2-4-16(17(15)21-14)18(23)22-11-8-19(9-12-22)7-10-20-13-19;;/h2-6,20H,7-13H2,1H3;2*1H. The molecule has 1 amide bonds. The molecule has 1 aromatic heterocycles. The Morgan fingerprint density at radius 2 is 1.88 bits per heavy atom. The van der Waals surface area contributed by atoms with Crippen molar-refractivity contribution in [3.63, 3.8) is 0 Å². The summed E-state index contributed by atoms with van der Waals surface area (Å²) < 4.78 is 0. The lowest BCUT2D eigenvalue weighted by atomic mass is 9.78. The largest absolute Gasteiger partial charge is 0.339 e. The molecule has 2 aliphatic rings. The molecule has 0 unspecified atom stereocenters. The summed E-state index contributed by atoms with van der Waals surface area (Å²) in [6, 6.07) is 9.93. The Hall–Kier alpha value is -1.36. The summed E-state index contributed by atoms with van der Waals surface area (Å²) in [6.07, 6.45) is 3.48. The van der Waals surface area contributed by atoms with Gasteiger partial charge in [0.15, 0.2) is 0 Å². The van der Waals surface area contributed by atoms with E-state index in [1.54, 1.807) is 0 Å². The van der Waals surface area contributed by atoms with E-state index in [9.17, 15) is 4.79 Å². The number of aromatic nitrogens is 1. The van der Waals surface area contributed by atoms with Crippen LogP contribution in [0.2, 0.25) is 0 Å². The highest BCUT2D eigenvalue weighted by Crippen LogP contribution is 2.37. The number of carbonyl (C=O) groups is 1. The van der Waals surface area contributed by atoms with E-state index in [-0.39, 0.29) is 30.7 Å². The van der Waals surface area contributed by atoms with Crippen LogP contribution in [0.1, 0.15) is 35.3 Å². The number of fused-ring (bicyclic) bond motifs is 1. The van der Waals surface area contributed by atoms with Gasteiger partial charge in [-0.1, -0.05) is 18.2 Å². The molecular weight excluding hydrogens is 357 g/mol. The number of hydrogen-bond acceptors (Lipinski definition) is 3. The normalized spacial score (nSPS) is 18.7. The second-order valence-electron chi connectivity index (χ2n) is 7.05. The molecule has 0 saturated carbocycles. The molecule has 136 valence electrons. The topological polar surface area (TPSA) is 45.2 Å². The minimum Gasteiger partial charge on any atom is -0.339 e. The summed E-state index contributed by atoms with van der Waals surface area (Å²) in [6.45, 7) is 5.94. The molecule has 4 nitrogen and oxygen atoms in total. The second-order valence-corrected chi connectivity index (χ2v) is 7.05. The molecule has 2 aliphatic heterocycles. The van der Waals surface area contributed by atoms with Gasteiger partial charge < -0.3 is 10.2 Å². The molecule has 0 atom stereocenters. The van der Waals surface area contributed by atoms with Gasteiger partial charge in [-0.05, 0) is 50.3 Å². The van der Waals surface area contributed by atoms with Crippen LogP contribution in [0.3, 0.4) is 0 Å². The smallest absolute Gasteiger partial charge is 0.256 e. The Kier molecular flexibility index (Phi) is 6.30. The van der Waals surface area contributed by atoms with Crippen molar-refractivity contribution >= 4 is 41.6 Å². The highest BCUT2D eigenvalue weighted by molar-refractivity contribution is 6.05. The van der Waals surface area contributed by atoms with Crippen LogP contribution in [0, 0.1) is 12.3 Å². The van der Waals surface area contributed by atoms with Crippen LogP contribution in [0.25, 0.3) is 10.9 Å². The summed E-state index contributed by atoms with van der Waals surface area (Å²) in [7, 11) is 0. The number of carbonyl (C=O) groups excluding carboxylic acids is 1. The Morgan fingerprint density at radius 1 is 1.12 bits per heavy atom. The number of likely N-dealkylation sites (tertiary alicyclic amines) is 1. The van der Waals surface area contributed by atoms with Crippen LogP contribution in [-0.4, -0.2) is 42.0 Å². The minimum absolute atomic E-state index is 0. The molecule has 3 heterocycles. The van der Waals surface area contributed by atoms with Crippen LogP contribution >= 0.6 is 24.8 Å². The van der Waals surface area contributed by atoms with E-state index in [4.69, 9.17) is 0 Å². The summed E-state index contributed by atoms with van der Waals surface area (Å²) in [5.74, 6) is 0.134. The summed E-state index contributed by atoms with van der Waals surface area (Å²) in [5.41, 5.74) is 2.96. The lowest BCUT2D eigenvalue weighted by Gasteiger charge is -2.39. The fourth-order valence-electron chi connectivity index (χ4n) is 3.99. The van der Waals surface area contributed by atoms with Gasteiger partial charge in [0.1, 0.15) is 0 Å². The number of amides is 1. The van der Waals surface area contributed by atoms with E-state index < -0.39 is 0 Å². The maximum atomic E-state index is 13.0. The predicted octanol–water partition coefficient (Wildman–Crippen LogP) is 3.60. The molecule has 4 rings (SSSR count). The average molecular weight is 382 g/mol. The molecule has 25 heavy (non-hydrogen) atoms. The van der Waals surface area contributed by atoms with Gasteiger partial charge in [0.05, 0.1) is 11.1 Å². The number of nitrogens with zero attached hydrogens (tertiary/aromatic N) is 2. The Bertz CT molecular complexity index is 749. The van der Waals surface area contributed by atoms with Gasteiger partial charge in [0.2, 0.25) is 0 Å². The zero-order valence-electron chi connectivity index (χ0n) is 14.5. The number of halogens is 2. The first-order valence-electron chi connectivity index (χ1n) is 8.53. The molecule has 2 fully saturated rings. The molecule has 6 heteroatoms. The molecule has 1 N–H and O–H groups in total. The van der Waals surface area contributed by atoms with Crippen LogP contribution in [0.4, 0.5) is 0 Å². The maximum Gasteiger partial charge on any atom is 0.256 e. The van der Waals surface area contributed by atoms with E-state index in [2.05, 4.69) is 10.3 Å². The SMILES string of the molecule is Cc1ccc2cccc(C(=O)N3CCC4(CCNC4)CC3)c2n1.Cl.Cl. The molecule has 0 aliphatic carbocycles. The number of aryl methyl sites for hydroxylation is 1. The maximum absolute atomic E-state index is 13.0. The zero-order valence-corrected chi connectivity index (χ0v) is 16.1.